The maximum absolute atomic E-state index is 10.7. The number of H-pyrrole nitrogens is 1. The molecule has 0 radical (unpaired) electrons. The zero-order valence-electron chi connectivity index (χ0n) is 12.4. The van der Waals surface area contributed by atoms with E-state index in [1.54, 1.807) is 6.92 Å². The molecule has 0 spiro atoms. The third-order valence-corrected chi connectivity index (χ3v) is 3.61. The van der Waals surface area contributed by atoms with E-state index in [1.165, 1.54) is 0 Å². The number of nitrogens with zero attached hydrogens (tertiary/aromatic N) is 1. The number of fused-ring (bicyclic) bond motifs is 1. The fourth-order valence-corrected chi connectivity index (χ4v) is 2.55. The number of aliphatic hydroxyl groups is 1. The maximum atomic E-state index is 10.7. The van der Waals surface area contributed by atoms with Gasteiger partial charge in [0, 0.05) is 5.56 Å². The Morgan fingerprint density at radius 3 is 2.76 bits per heavy atom. The monoisotopic (exact) mass is 285 g/mol. The molecule has 1 aromatic carbocycles. The highest BCUT2D eigenvalue weighted by Crippen LogP contribution is 2.27. The van der Waals surface area contributed by atoms with E-state index in [4.69, 9.17) is 4.42 Å². The molecule has 0 aliphatic carbocycles. The van der Waals surface area contributed by atoms with Crippen molar-refractivity contribution in [2.45, 2.75) is 26.4 Å². The van der Waals surface area contributed by atoms with Crippen molar-refractivity contribution in [1.29, 1.82) is 0 Å². The molecule has 2 heterocycles. The van der Waals surface area contributed by atoms with E-state index >= 15 is 0 Å². The van der Waals surface area contributed by atoms with Gasteiger partial charge in [0.25, 0.3) is 0 Å². The first-order valence-corrected chi connectivity index (χ1v) is 6.94. The topological polar surface area (TPSA) is 74.1 Å². The van der Waals surface area contributed by atoms with Gasteiger partial charge >= 0.3 is 0 Å². The molecule has 3 N–H and O–H groups in total. The third kappa shape index (κ3) is 2.64. The van der Waals surface area contributed by atoms with Gasteiger partial charge < -0.3 is 19.8 Å². The Kier molecular flexibility index (Phi) is 3.22. The van der Waals surface area contributed by atoms with Gasteiger partial charge in [-0.3, -0.25) is 0 Å². The molecular formula is C16H19N3O2. The van der Waals surface area contributed by atoms with Gasteiger partial charge in [-0.05, 0) is 39.0 Å². The molecule has 0 aliphatic heterocycles. The number of benzene rings is 1. The fourth-order valence-electron chi connectivity index (χ4n) is 2.55. The number of hydrogen-bond acceptors (Lipinski definition) is 4. The standard InChI is InChI=1S/C16H19N3O2/c1-10-8-12(11(2)21-10)16(3,20)9-17-15-18-13-6-4-5-7-14(13)19-15/h4-8,20H,9H2,1-3H3,(H2,17,18,19). The van der Waals surface area contributed by atoms with Crippen LogP contribution < -0.4 is 5.32 Å². The summed E-state index contributed by atoms with van der Waals surface area (Å²) in [5, 5.41) is 13.8. The number of aryl methyl sites for hydroxylation is 2. The summed E-state index contributed by atoms with van der Waals surface area (Å²) in [5.41, 5.74) is 1.63. The molecular weight excluding hydrogens is 266 g/mol. The Hall–Kier alpha value is -2.27. The third-order valence-electron chi connectivity index (χ3n) is 3.61. The van der Waals surface area contributed by atoms with Crippen LogP contribution in [0.1, 0.15) is 24.0 Å². The lowest BCUT2D eigenvalue weighted by molar-refractivity contribution is 0.0698. The Bertz CT molecular complexity index is 738. The van der Waals surface area contributed by atoms with Gasteiger partial charge in [0.05, 0.1) is 17.6 Å². The molecule has 1 atom stereocenters. The summed E-state index contributed by atoms with van der Waals surface area (Å²) in [6.07, 6.45) is 0. The van der Waals surface area contributed by atoms with Crippen LogP contribution in [-0.2, 0) is 5.60 Å². The fraction of sp³-hybridized carbons (Fsp3) is 0.312. The van der Waals surface area contributed by atoms with E-state index in [0.29, 0.717) is 12.5 Å². The van der Waals surface area contributed by atoms with E-state index in [9.17, 15) is 5.11 Å². The van der Waals surface area contributed by atoms with E-state index in [2.05, 4.69) is 15.3 Å². The van der Waals surface area contributed by atoms with Crippen LogP contribution in [0, 0.1) is 13.8 Å². The van der Waals surface area contributed by atoms with Crippen LogP contribution in [0.3, 0.4) is 0 Å². The van der Waals surface area contributed by atoms with Crippen LogP contribution in [0.15, 0.2) is 34.7 Å². The van der Waals surface area contributed by atoms with Gasteiger partial charge in [0.1, 0.15) is 17.1 Å². The summed E-state index contributed by atoms with van der Waals surface area (Å²) < 4.78 is 5.49. The van der Waals surface area contributed by atoms with Crippen molar-refractivity contribution < 1.29 is 9.52 Å². The number of imidazole rings is 1. The summed E-state index contributed by atoms with van der Waals surface area (Å²) in [6.45, 7) is 5.84. The summed E-state index contributed by atoms with van der Waals surface area (Å²) in [7, 11) is 0. The molecule has 110 valence electrons. The molecule has 0 saturated heterocycles. The van der Waals surface area contributed by atoms with Crippen molar-refractivity contribution >= 4 is 17.0 Å². The molecule has 5 heteroatoms. The minimum Gasteiger partial charge on any atom is -0.466 e. The molecule has 0 amide bonds. The van der Waals surface area contributed by atoms with Gasteiger partial charge in [-0.2, -0.15) is 0 Å². The predicted octanol–water partition coefficient (Wildman–Crippen LogP) is 3.09. The van der Waals surface area contributed by atoms with Crippen LogP contribution >= 0.6 is 0 Å². The van der Waals surface area contributed by atoms with E-state index in [1.807, 2.05) is 44.2 Å². The SMILES string of the molecule is Cc1cc(C(C)(O)CNc2nc3ccccc3[nH]2)c(C)o1. The maximum Gasteiger partial charge on any atom is 0.201 e. The summed E-state index contributed by atoms with van der Waals surface area (Å²) in [6, 6.07) is 9.68. The van der Waals surface area contributed by atoms with Crippen molar-refractivity contribution in [2.75, 3.05) is 11.9 Å². The van der Waals surface area contributed by atoms with Crippen molar-refractivity contribution in [3.8, 4) is 0 Å². The van der Waals surface area contributed by atoms with Gasteiger partial charge in [-0.25, -0.2) is 4.98 Å². The quantitative estimate of drug-likeness (QED) is 0.688. The molecule has 5 nitrogen and oxygen atoms in total. The number of aromatic amines is 1. The van der Waals surface area contributed by atoms with E-state index in [-0.39, 0.29) is 0 Å². The second kappa shape index (κ2) is 4.93. The normalized spacial score (nSPS) is 14.3. The molecule has 3 aromatic rings. The first kappa shape index (κ1) is 13.7. The van der Waals surface area contributed by atoms with Crippen LogP contribution in [0.2, 0.25) is 0 Å². The van der Waals surface area contributed by atoms with Gasteiger partial charge in [-0.15, -0.1) is 0 Å². The zero-order valence-corrected chi connectivity index (χ0v) is 12.4. The van der Waals surface area contributed by atoms with Gasteiger partial charge in [-0.1, -0.05) is 12.1 Å². The Morgan fingerprint density at radius 2 is 2.10 bits per heavy atom. The highest BCUT2D eigenvalue weighted by Gasteiger charge is 2.27. The first-order chi connectivity index (χ1) is 9.95. The Labute approximate surface area is 123 Å². The molecule has 2 aromatic heterocycles. The van der Waals surface area contributed by atoms with Gasteiger partial charge in [0.2, 0.25) is 5.95 Å². The molecule has 0 aliphatic rings. The smallest absolute Gasteiger partial charge is 0.201 e. The second-order valence-corrected chi connectivity index (χ2v) is 5.56. The molecule has 0 saturated carbocycles. The Balaban J connectivity index is 1.78. The molecule has 1 unspecified atom stereocenters. The second-order valence-electron chi connectivity index (χ2n) is 5.56. The minimum atomic E-state index is -1.03. The number of rotatable bonds is 4. The highest BCUT2D eigenvalue weighted by molar-refractivity contribution is 5.77. The summed E-state index contributed by atoms with van der Waals surface area (Å²) >= 11 is 0. The van der Waals surface area contributed by atoms with Crippen LogP contribution in [0.25, 0.3) is 11.0 Å². The minimum absolute atomic E-state index is 0.340. The number of aromatic nitrogens is 2. The molecule has 0 fully saturated rings. The van der Waals surface area contributed by atoms with Crippen LogP contribution in [-0.4, -0.2) is 21.6 Å². The van der Waals surface area contributed by atoms with E-state index in [0.717, 1.165) is 28.1 Å². The number of anilines is 1. The van der Waals surface area contributed by atoms with Gasteiger partial charge in [0.15, 0.2) is 0 Å². The summed E-state index contributed by atoms with van der Waals surface area (Å²) in [5.74, 6) is 2.18. The number of nitrogens with one attached hydrogen (secondary N) is 2. The van der Waals surface area contributed by atoms with Crippen LogP contribution in [0.5, 0.6) is 0 Å². The lowest BCUT2D eigenvalue weighted by Gasteiger charge is -2.23. The van der Waals surface area contributed by atoms with Crippen molar-refractivity contribution in [3.05, 3.63) is 47.4 Å². The van der Waals surface area contributed by atoms with Crippen molar-refractivity contribution in [1.82, 2.24) is 9.97 Å². The number of hydrogen-bond donors (Lipinski definition) is 3. The molecule has 21 heavy (non-hydrogen) atoms. The summed E-state index contributed by atoms with van der Waals surface area (Å²) in [4.78, 5) is 7.62. The number of furan rings is 1. The Morgan fingerprint density at radius 1 is 1.33 bits per heavy atom. The molecule has 0 bridgehead atoms. The molecule has 3 rings (SSSR count). The predicted molar refractivity (Wildman–Crippen MR) is 82.3 cm³/mol. The lowest BCUT2D eigenvalue weighted by atomic mass is 9.96. The number of para-hydroxylation sites is 2. The highest BCUT2D eigenvalue weighted by atomic mass is 16.3. The van der Waals surface area contributed by atoms with E-state index < -0.39 is 5.60 Å². The average Bonchev–Trinajstić information content (AvgIpc) is 2.99. The first-order valence-electron chi connectivity index (χ1n) is 6.94. The zero-order chi connectivity index (χ0) is 15.0. The lowest BCUT2D eigenvalue weighted by Crippen LogP contribution is -2.31. The van der Waals surface area contributed by atoms with Crippen LogP contribution in [0.4, 0.5) is 5.95 Å². The van der Waals surface area contributed by atoms with Crippen molar-refractivity contribution in [2.24, 2.45) is 0 Å². The largest absolute Gasteiger partial charge is 0.466 e. The van der Waals surface area contributed by atoms with Crippen molar-refractivity contribution in [3.63, 3.8) is 0 Å². The average molecular weight is 285 g/mol.